The van der Waals surface area contributed by atoms with Gasteiger partial charge >= 0.3 is 12.3 Å². The number of benzene rings is 1. The zero-order valence-corrected chi connectivity index (χ0v) is 11.8. The molecular formula is C14H15F3N2O3. The van der Waals surface area contributed by atoms with Crippen molar-refractivity contribution >= 4 is 17.0 Å². The first-order chi connectivity index (χ1) is 10.2. The Kier molecular flexibility index (Phi) is 4.20. The Morgan fingerprint density at radius 2 is 2.05 bits per heavy atom. The highest BCUT2D eigenvalue weighted by Crippen LogP contribution is 2.29. The lowest BCUT2D eigenvalue weighted by atomic mass is 10.1. The van der Waals surface area contributed by atoms with Crippen LogP contribution in [0, 0.1) is 0 Å². The van der Waals surface area contributed by atoms with Gasteiger partial charge in [0.2, 0.25) is 0 Å². The molecule has 1 amide bonds. The maximum atomic E-state index is 12.4. The molecule has 0 atom stereocenters. The summed E-state index contributed by atoms with van der Waals surface area (Å²) < 4.78 is 38.8. The SMILES string of the molecule is Cn1cc(CCN(CC(F)(F)F)C(=O)O)c2c(O)cccc21. The summed E-state index contributed by atoms with van der Waals surface area (Å²) in [5, 5.41) is 19.3. The number of hydrogen-bond donors (Lipinski definition) is 2. The number of rotatable bonds is 4. The first-order valence-corrected chi connectivity index (χ1v) is 6.49. The number of aromatic hydroxyl groups is 1. The van der Waals surface area contributed by atoms with Crippen molar-refractivity contribution in [3.8, 4) is 5.75 Å². The summed E-state index contributed by atoms with van der Waals surface area (Å²) in [6.45, 7) is -1.82. The number of amides is 1. The van der Waals surface area contributed by atoms with Crippen LogP contribution in [0.5, 0.6) is 5.75 Å². The van der Waals surface area contributed by atoms with E-state index in [1.165, 1.54) is 6.07 Å². The van der Waals surface area contributed by atoms with Crippen LogP contribution in [0.4, 0.5) is 18.0 Å². The first kappa shape index (κ1) is 16.0. The summed E-state index contributed by atoms with van der Waals surface area (Å²) in [5.41, 5.74) is 1.33. The molecule has 1 aromatic carbocycles. The van der Waals surface area contributed by atoms with E-state index in [9.17, 15) is 23.1 Å². The maximum absolute atomic E-state index is 12.4. The van der Waals surface area contributed by atoms with Gasteiger partial charge in [-0.3, -0.25) is 4.90 Å². The smallest absolute Gasteiger partial charge is 0.407 e. The number of nitrogens with zero attached hydrogens (tertiary/aromatic N) is 2. The summed E-state index contributed by atoms with van der Waals surface area (Å²) in [6.07, 6.45) is -4.45. The van der Waals surface area contributed by atoms with Crippen LogP contribution < -0.4 is 0 Å². The molecule has 0 fully saturated rings. The number of hydrogen-bond acceptors (Lipinski definition) is 2. The number of aryl methyl sites for hydroxylation is 1. The average molecular weight is 316 g/mol. The lowest BCUT2D eigenvalue weighted by Crippen LogP contribution is -2.39. The molecule has 5 nitrogen and oxygen atoms in total. The topological polar surface area (TPSA) is 65.7 Å². The van der Waals surface area contributed by atoms with E-state index in [0.717, 1.165) is 5.52 Å². The van der Waals surface area contributed by atoms with Crippen LogP contribution >= 0.6 is 0 Å². The lowest BCUT2D eigenvalue weighted by Gasteiger charge is -2.20. The first-order valence-electron chi connectivity index (χ1n) is 6.49. The van der Waals surface area contributed by atoms with Crippen molar-refractivity contribution < 1.29 is 28.2 Å². The highest BCUT2D eigenvalue weighted by atomic mass is 19.4. The van der Waals surface area contributed by atoms with Crippen LogP contribution in [0.1, 0.15) is 5.56 Å². The Morgan fingerprint density at radius 1 is 1.36 bits per heavy atom. The van der Waals surface area contributed by atoms with Crippen molar-refractivity contribution in [2.24, 2.45) is 7.05 Å². The van der Waals surface area contributed by atoms with Gasteiger partial charge in [0.25, 0.3) is 0 Å². The van der Waals surface area contributed by atoms with Crippen molar-refractivity contribution in [1.82, 2.24) is 9.47 Å². The molecular weight excluding hydrogens is 301 g/mol. The zero-order chi connectivity index (χ0) is 16.5. The van der Waals surface area contributed by atoms with E-state index in [0.29, 0.717) is 15.8 Å². The number of phenolic OH excluding ortho intramolecular Hbond substituents is 1. The van der Waals surface area contributed by atoms with Crippen LogP contribution in [-0.2, 0) is 13.5 Å². The third-order valence-electron chi connectivity index (χ3n) is 3.36. The molecule has 0 saturated heterocycles. The molecule has 0 aliphatic heterocycles. The second kappa shape index (κ2) is 5.78. The molecule has 22 heavy (non-hydrogen) atoms. The Morgan fingerprint density at radius 3 is 2.64 bits per heavy atom. The van der Waals surface area contributed by atoms with Crippen LogP contribution in [0.25, 0.3) is 10.9 Å². The third kappa shape index (κ3) is 3.44. The van der Waals surface area contributed by atoms with Crippen LogP contribution in [0.2, 0.25) is 0 Å². The van der Waals surface area contributed by atoms with Crippen molar-refractivity contribution in [3.05, 3.63) is 30.0 Å². The molecule has 0 bridgehead atoms. The standard InChI is InChI=1S/C14H15F3N2O3/c1-18-7-9(12-10(18)3-2-4-11(12)20)5-6-19(13(21)22)8-14(15,16)17/h2-4,7,20H,5-6,8H2,1H3,(H,21,22). The predicted octanol–water partition coefficient (Wildman–Crippen LogP) is 2.97. The fourth-order valence-electron chi connectivity index (χ4n) is 2.42. The monoisotopic (exact) mass is 316 g/mol. The van der Waals surface area contributed by atoms with Gasteiger partial charge in [0.05, 0.1) is 5.52 Å². The fourth-order valence-corrected chi connectivity index (χ4v) is 2.42. The highest BCUT2D eigenvalue weighted by Gasteiger charge is 2.32. The normalized spacial score (nSPS) is 11.8. The van der Waals surface area contributed by atoms with Crippen molar-refractivity contribution in [1.29, 1.82) is 0 Å². The van der Waals surface area contributed by atoms with Crippen molar-refractivity contribution in [2.45, 2.75) is 12.6 Å². The van der Waals surface area contributed by atoms with Gasteiger partial charge in [0.15, 0.2) is 0 Å². The molecule has 1 heterocycles. The summed E-state index contributed by atoms with van der Waals surface area (Å²) in [5.74, 6) is 0.0193. The summed E-state index contributed by atoms with van der Waals surface area (Å²) in [4.78, 5) is 11.2. The molecule has 120 valence electrons. The Labute approximate surface area is 124 Å². The number of fused-ring (bicyclic) bond motifs is 1. The van der Waals surface area contributed by atoms with Gasteiger partial charge in [-0.25, -0.2) is 4.79 Å². The van der Waals surface area contributed by atoms with Crippen LogP contribution in [0.3, 0.4) is 0 Å². The fraction of sp³-hybridized carbons (Fsp3) is 0.357. The average Bonchev–Trinajstić information content (AvgIpc) is 2.71. The summed E-state index contributed by atoms with van der Waals surface area (Å²) >= 11 is 0. The minimum Gasteiger partial charge on any atom is -0.507 e. The Balaban J connectivity index is 2.22. The number of phenols is 1. The molecule has 0 saturated carbocycles. The minimum absolute atomic E-state index is 0.0193. The predicted molar refractivity (Wildman–Crippen MR) is 73.9 cm³/mol. The number of halogens is 3. The van der Waals surface area contributed by atoms with Gasteiger partial charge in [-0.1, -0.05) is 6.07 Å². The van der Waals surface area contributed by atoms with E-state index in [-0.39, 0.29) is 18.7 Å². The van der Waals surface area contributed by atoms with E-state index in [1.807, 2.05) is 0 Å². The molecule has 1 aromatic heterocycles. The second-order valence-electron chi connectivity index (χ2n) is 5.01. The van der Waals surface area contributed by atoms with Gasteiger partial charge in [-0.15, -0.1) is 0 Å². The summed E-state index contributed by atoms with van der Waals surface area (Å²) in [7, 11) is 1.75. The van der Waals surface area contributed by atoms with Crippen molar-refractivity contribution in [3.63, 3.8) is 0 Å². The molecule has 2 rings (SSSR count). The number of aromatic nitrogens is 1. The second-order valence-corrected chi connectivity index (χ2v) is 5.01. The highest BCUT2D eigenvalue weighted by molar-refractivity contribution is 5.89. The Bertz CT molecular complexity index is 694. The van der Waals surface area contributed by atoms with Gasteiger partial charge in [-0.2, -0.15) is 13.2 Å². The minimum atomic E-state index is -4.58. The molecule has 0 aliphatic rings. The Hall–Kier alpha value is -2.38. The molecule has 0 unspecified atom stereocenters. The third-order valence-corrected chi connectivity index (χ3v) is 3.36. The van der Waals surface area contributed by atoms with Gasteiger partial charge in [-0.05, 0) is 24.1 Å². The molecule has 2 N–H and O–H groups in total. The molecule has 0 aliphatic carbocycles. The van der Waals surface area contributed by atoms with Gasteiger partial charge in [0.1, 0.15) is 12.3 Å². The van der Waals surface area contributed by atoms with E-state index in [1.54, 1.807) is 29.9 Å². The van der Waals surface area contributed by atoms with Crippen LogP contribution in [-0.4, -0.2) is 45.0 Å². The quantitative estimate of drug-likeness (QED) is 0.911. The van der Waals surface area contributed by atoms with E-state index in [4.69, 9.17) is 5.11 Å². The number of alkyl halides is 3. The molecule has 2 aromatic rings. The largest absolute Gasteiger partial charge is 0.507 e. The molecule has 0 spiro atoms. The van der Waals surface area contributed by atoms with Crippen molar-refractivity contribution in [2.75, 3.05) is 13.1 Å². The van der Waals surface area contributed by atoms with Gasteiger partial charge in [0, 0.05) is 25.2 Å². The van der Waals surface area contributed by atoms with E-state index in [2.05, 4.69) is 0 Å². The maximum Gasteiger partial charge on any atom is 0.407 e. The number of carboxylic acid groups (broad SMARTS) is 1. The van der Waals surface area contributed by atoms with E-state index >= 15 is 0 Å². The molecule has 8 heteroatoms. The lowest BCUT2D eigenvalue weighted by molar-refractivity contribution is -0.141. The molecule has 0 radical (unpaired) electrons. The zero-order valence-electron chi connectivity index (χ0n) is 11.8. The van der Waals surface area contributed by atoms with Crippen LogP contribution in [0.15, 0.2) is 24.4 Å². The van der Waals surface area contributed by atoms with E-state index < -0.39 is 18.8 Å². The summed E-state index contributed by atoms with van der Waals surface area (Å²) in [6, 6.07) is 4.91. The van der Waals surface area contributed by atoms with Gasteiger partial charge < -0.3 is 14.8 Å². The number of carbonyl (C=O) groups is 1.